The van der Waals surface area contributed by atoms with Crippen molar-refractivity contribution in [2.24, 2.45) is 0 Å². The van der Waals surface area contributed by atoms with Gasteiger partial charge in [-0.3, -0.25) is 9.69 Å². The van der Waals surface area contributed by atoms with Crippen LogP contribution in [0.25, 0.3) is 16.9 Å². The number of hydrogen-bond donors (Lipinski definition) is 1. The van der Waals surface area contributed by atoms with Crippen molar-refractivity contribution in [2.75, 3.05) is 18.0 Å². The zero-order chi connectivity index (χ0) is 22.0. The number of amides is 2. The minimum Gasteiger partial charge on any atom is -0.442 e. The first-order chi connectivity index (χ1) is 14.9. The Bertz CT molecular complexity index is 1200. The van der Waals surface area contributed by atoms with Crippen LogP contribution in [0.5, 0.6) is 0 Å². The molecule has 0 bridgehead atoms. The molecule has 0 radical (unpaired) electrons. The molecule has 0 spiro atoms. The van der Waals surface area contributed by atoms with Crippen molar-refractivity contribution >= 4 is 17.7 Å². The zero-order valence-corrected chi connectivity index (χ0v) is 16.4. The van der Waals surface area contributed by atoms with Gasteiger partial charge in [-0.05, 0) is 30.3 Å². The fourth-order valence-electron chi connectivity index (χ4n) is 3.19. The summed E-state index contributed by atoms with van der Waals surface area (Å²) in [5.41, 5.74) is 1.98. The predicted octanol–water partition coefficient (Wildman–Crippen LogP) is 2.41. The molecule has 1 aliphatic heterocycles. The molecule has 1 N–H and O–H groups in total. The summed E-state index contributed by atoms with van der Waals surface area (Å²) in [6.07, 6.45) is 2.02. The van der Waals surface area contributed by atoms with E-state index in [1.165, 1.54) is 34.8 Å². The van der Waals surface area contributed by atoms with Gasteiger partial charge in [0.25, 0.3) is 0 Å². The molecular formula is C21H17FN6O3. The first-order valence-electron chi connectivity index (χ1n) is 9.39. The second-order valence-electron chi connectivity index (χ2n) is 6.88. The van der Waals surface area contributed by atoms with Crippen LogP contribution < -0.4 is 10.2 Å². The Kier molecular flexibility index (Phi) is 5.32. The van der Waals surface area contributed by atoms with Crippen LogP contribution in [0.2, 0.25) is 0 Å². The number of nitrogens with one attached hydrogen (secondary N) is 1. The summed E-state index contributed by atoms with van der Waals surface area (Å²) in [6.45, 7) is 1.76. The molecule has 2 aromatic heterocycles. The van der Waals surface area contributed by atoms with Gasteiger partial charge < -0.3 is 10.1 Å². The van der Waals surface area contributed by atoms with E-state index >= 15 is 0 Å². The van der Waals surface area contributed by atoms with Gasteiger partial charge in [-0.15, -0.1) is 0 Å². The second-order valence-corrected chi connectivity index (χ2v) is 6.88. The van der Waals surface area contributed by atoms with Crippen LogP contribution in [0.15, 0.2) is 48.8 Å². The number of carbonyl (C=O) groups excluding carboxylic acids is 2. The highest BCUT2D eigenvalue weighted by Crippen LogP contribution is 2.26. The summed E-state index contributed by atoms with van der Waals surface area (Å²) in [6, 6.07) is 11.3. The summed E-state index contributed by atoms with van der Waals surface area (Å²) < 4.78 is 21.4. The van der Waals surface area contributed by atoms with Gasteiger partial charge in [-0.2, -0.15) is 10.4 Å². The van der Waals surface area contributed by atoms with E-state index in [-0.39, 0.29) is 30.4 Å². The number of benzene rings is 1. The highest BCUT2D eigenvalue weighted by atomic mass is 19.1. The summed E-state index contributed by atoms with van der Waals surface area (Å²) in [5, 5.41) is 15.8. The monoisotopic (exact) mass is 420 g/mol. The average molecular weight is 420 g/mol. The summed E-state index contributed by atoms with van der Waals surface area (Å²) >= 11 is 0. The first kappa shape index (κ1) is 20.0. The van der Waals surface area contributed by atoms with Crippen LogP contribution >= 0.6 is 0 Å². The molecule has 9 nitrogen and oxygen atoms in total. The Morgan fingerprint density at radius 2 is 2.23 bits per heavy atom. The number of aromatic nitrogens is 3. The molecule has 2 amide bonds. The van der Waals surface area contributed by atoms with Crippen LogP contribution in [0.3, 0.4) is 0 Å². The highest BCUT2D eigenvalue weighted by molar-refractivity contribution is 5.90. The molecule has 1 fully saturated rings. The van der Waals surface area contributed by atoms with Gasteiger partial charge in [-0.25, -0.2) is 18.9 Å². The van der Waals surface area contributed by atoms with E-state index in [0.29, 0.717) is 16.9 Å². The molecule has 4 rings (SSSR count). The Morgan fingerprint density at radius 1 is 1.39 bits per heavy atom. The van der Waals surface area contributed by atoms with Crippen molar-refractivity contribution in [3.05, 3.63) is 60.3 Å². The molecular weight excluding hydrogens is 403 g/mol. The van der Waals surface area contributed by atoms with Gasteiger partial charge >= 0.3 is 6.09 Å². The molecule has 1 atom stereocenters. The Balaban J connectivity index is 1.53. The number of rotatable bonds is 5. The molecule has 1 aliphatic rings. The maximum Gasteiger partial charge on any atom is 0.414 e. The Hall–Kier alpha value is -4.26. The number of nitrogens with zero attached hydrogens (tertiary/aromatic N) is 5. The van der Waals surface area contributed by atoms with Crippen molar-refractivity contribution in [3.63, 3.8) is 0 Å². The van der Waals surface area contributed by atoms with Crippen LogP contribution in [0.4, 0.5) is 14.9 Å². The van der Waals surface area contributed by atoms with Gasteiger partial charge in [0, 0.05) is 18.7 Å². The molecule has 1 aromatic carbocycles. The van der Waals surface area contributed by atoms with Crippen LogP contribution in [0, 0.1) is 17.1 Å². The fourth-order valence-corrected chi connectivity index (χ4v) is 3.19. The van der Waals surface area contributed by atoms with Gasteiger partial charge in [0.15, 0.2) is 5.82 Å². The predicted molar refractivity (Wildman–Crippen MR) is 108 cm³/mol. The van der Waals surface area contributed by atoms with E-state index < -0.39 is 18.0 Å². The number of cyclic esters (lactones) is 1. The van der Waals surface area contributed by atoms with Crippen LogP contribution in [0.1, 0.15) is 12.6 Å². The molecule has 0 unspecified atom stereocenters. The zero-order valence-electron chi connectivity index (χ0n) is 16.4. The molecule has 3 aromatic rings. The molecule has 10 heteroatoms. The number of anilines is 1. The molecule has 0 aliphatic carbocycles. The summed E-state index contributed by atoms with van der Waals surface area (Å²) in [4.78, 5) is 28.7. The van der Waals surface area contributed by atoms with Gasteiger partial charge in [-0.1, -0.05) is 6.07 Å². The van der Waals surface area contributed by atoms with Crippen LogP contribution in [-0.4, -0.2) is 46.0 Å². The molecule has 0 saturated carbocycles. The fraction of sp³-hybridized carbons (Fsp3) is 0.190. The average Bonchev–Trinajstić information content (AvgIpc) is 3.39. The number of nitriles is 1. The third-order valence-electron chi connectivity index (χ3n) is 4.68. The topological polar surface area (TPSA) is 113 Å². The third kappa shape index (κ3) is 4.20. The smallest absolute Gasteiger partial charge is 0.414 e. The van der Waals surface area contributed by atoms with Gasteiger partial charge in [0.05, 0.1) is 30.7 Å². The molecule has 156 valence electrons. The van der Waals surface area contributed by atoms with E-state index in [1.54, 1.807) is 30.5 Å². The largest absolute Gasteiger partial charge is 0.442 e. The Labute approximate surface area is 176 Å². The van der Waals surface area contributed by atoms with Crippen molar-refractivity contribution < 1.29 is 18.7 Å². The lowest BCUT2D eigenvalue weighted by Crippen LogP contribution is -2.33. The lowest BCUT2D eigenvalue weighted by Gasteiger charge is -2.14. The van der Waals surface area contributed by atoms with Gasteiger partial charge in [0.1, 0.15) is 23.6 Å². The molecule has 1 saturated heterocycles. The molecule has 3 heterocycles. The number of carbonyl (C=O) groups is 2. The minimum atomic E-state index is -0.604. The minimum absolute atomic E-state index is 0.189. The number of hydrogen-bond acceptors (Lipinski definition) is 6. The standard InChI is InChI=1S/C21H17FN6O3/c1-13(29)24-10-17-12-27(21(30)31-17)16-5-6-20(18(22)7-16)28-11-14(9-25-28)19-4-2-3-15(8-23)26-19/h2-7,9,11,17H,10,12H2,1H3,(H,24,29)/t17-/m0/s1. The quantitative estimate of drug-likeness (QED) is 0.678. The van der Waals surface area contributed by atoms with E-state index in [4.69, 9.17) is 10.00 Å². The van der Waals surface area contributed by atoms with E-state index in [1.807, 2.05) is 6.07 Å². The van der Waals surface area contributed by atoms with E-state index in [0.717, 1.165) is 0 Å². The van der Waals surface area contributed by atoms with Crippen LogP contribution in [-0.2, 0) is 9.53 Å². The van der Waals surface area contributed by atoms with Crippen molar-refractivity contribution in [1.29, 1.82) is 5.26 Å². The summed E-state index contributed by atoms with van der Waals surface area (Å²) in [7, 11) is 0. The SMILES string of the molecule is CC(=O)NC[C@H]1CN(c2ccc(-n3cc(-c4cccc(C#N)n4)cn3)c(F)c2)C(=O)O1. The van der Waals surface area contributed by atoms with Crippen molar-refractivity contribution in [3.8, 4) is 23.0 Å². The number of halogens is 1. The summed E-state index contributed by atoms with van der Waals surface area (Å²) in [5.74, 6) is -0.804. The normalized spacial score (nSPS) is 15.5. The van der Waals surface area contributed by atoms with Crippen molar-refractivity contribution in [1.82, 2.24) is 20.1 Å². The third-order valence-corrected chi connectivity index (χ3v) is 4.68. The van der Waals surface area contributed by atoms with E-state index in [2.05, 4.69) is 15.4 Å². The van der Waals surface area contributed by atoms with Gasteiger partial charge in [0.2, 0.25) is 5.91 Å². The van der Waals surface area contributed by atoms with Crippen molar-refractivity contribution in [2.45, 2.75) is 13.0 Å². The lowest BCUT2D eigenvalue weighted by atomic mass is 10.2. The van der Waals surface area contributed by atoms with E-state index in [9.17, 15) is 14.0 Å². The maximum atomic E-state index is 14.8. The first-order valence-corrected chi connectivity index (χ1v) is 9.39. The number of ether oxygens (including phenoxy) is 1. The second kappa shape index (κ2) is 8.23. The number of pyridine rings is 1. The Morgan fingerprint density at radius 3 is 2.97 bits per heavy atom. The maximum absolute atomic E-state index is 14.8. The lowest BCUT2D eigenvalue weighted by molar-refractivity contribution is -0.119. The molecule has 31 heavy (non-hydrogen) atoms. The highest BCUT2D eigenvalue weighted by Gasteiger charge is 2.32.